The highest BCUT2D eigenvalue weighted by atomic mass is 16.4. The summed E-state index contributed by atoms with van der Waals surface area (Å²) in [6, 6.07) is 12.1. The molecule has 0 bridgehead atoms. The Labute approximate surface area is 122 Å². The van der Waals surface area contributed by atoms with Crippen LogP contribution in [0.2, 0.25) is 0 Å². The number of aliphatic hydroxyl groups is 1. The SMILES string of the molecule is O=C(CCC(=O)c1ccccc1)NCC(O)c1ccco1. The van der Waals surface area contributed by atoms with Crippen molar-refractivity contribution in [1.82, 2.24) is 5.32 Å². The van der Waals surface area contributed by atoms with Gasteiger partial charge >= 0.3 is 0 Å². The Morgan fingerprint density at radius 3 is 2.52 bits per heavy atom. The van der Waals surface area contributed by atoms with Crippen molar-refractivity contribution in [3.05, 3.63) is 60.1 Å². The van der Waals surface area contributed by atoms with E-state index in [0.717, 1.165) is 0 Å². The fraction of sp³-hybridized carbons (Fsp3) is 0.250. The first-order valence-corrected chi connectivity index (χ1v) is 6.73. The van der Waals surface area contributed by atoms with Crippen LogP contribution in [0.15, 0.2) is 53.1 Å². The van der Waals surface area contributed by atoms with Crippen LogP contribution in [-0.2, 0) is 4.79 Å². The summed E-state index contributed by atoms with van der Waals surface area (Å²) >= 11 is 0. The van der Waals surface area contributed by atoms with Gasteiger partial charge in [0.15, 0.2) is 5.78 Å². The lowest BCUT2D eigenvalue weighted by molar-refractivity contribution is -0.121. The van der Waals surface area contributed by atoms with Gasteiger partial charge in [0.1, 0.15) is 11.9 Å². The summed E-state index contributed by atoms with van der Waals surface area (Å²) in [5, 5.41) is 12.3. The molecular formula is C16H17NO4. The molecule has 2 N–H and O–H groups in total. The van der Waals surface area contributed by atoms with E-state index in [1.165, 1.54) is 6.26 Å². The highest BCUT2D eigenvalue weighted by Crippen LogP contribution is 2.11. The van der Waals surface area contributed by atoms with Crippen LogP contribution < -0.4 is 5.32 Å². The summed E-state index contributed by atoms with van der Waals surface area (Å²) in [6.45, 7) is 0.0614. The number of nitrogens with one attached hydrogen (secondary N) is 1. The van der Waals surface area contributed by atoms with Gasteiger partial charge < -0.3 is 14.8 Å². The standard InChI is InChI=1S/C16H17NO4/c18-13(12-5-2-1-3-6-12)8-9-16(20)17-11-14(19)15-7-4-10-21-15/h1-7,10,14,19H,8-9,11H2,(H,17,20). The number of furan rings is 1. The molecule has 1 aromatic heterocycles. The molecule has 1 atom stereocenters. The molecular weight excluding hydrogens is 270 g/mol. The van der Waals surface area contributed by atoms with Crippen LogP contribution in [0.4, 0.5) is 0 Å². The van der Waals surface area contributed by atoms with Crippen LogP contribution in [0.1, 0.15) is 35.1 Å². The minimum Gasteiger partial charge on any atom is -0.467 e. The Bertz CT molecular complexity index is 578. The summed E-state index contributed by atoms with van der Waals surface area (Å²) in [4.78, 5) is 23.5. The first kappa shape index (κ1) is 15.0. The Hall–Kier alpha value is -2.40. The molecule has 0 aliphatic heterocycles. The van der Waals surface area contributed by atoms with E-state index < -0.39 is 6.10 Å². The van der Waals surface area contributed by atoms with Crippen molar-refractivity contribution in [1.29, 1.82) is 0 Å². The highest BCUT2D eigenvalue weighted by molar-refractivity contribution is 5.97. The lowest BCUT2D eigenvalue weighted by Crippen LogP contribution is -2.28. The monoisotopic (exact) mass is 287 g/mol. The van der Waals surface area contributed by atoms with Crippen molar-refractivity contribution in [2.45, 2.75) is 18.9 Å². The van der Waals surface area contributed by atoms with Crippen LogP contribution in [0.5, 0.6) is 0 Å². The van der Waals surface area contributed by atoms with Gasteiger partial charge in [-0.1, -0.05) is 30.3 Å². The third-order valence-electron chi connectivity index (χ3n) is 3.04. The fourth-order valence-corrected chi connectivity index (χ4v) is 1.88. The number of hydrogen-bond acceptors (Lipinski definition) is 4. The Balaban J connectivity index is 1.71. The van der Waals surface area contributed by atoms with Gasteiger partial charge in [-0.15, -0.1) is 0 Å². The lowest BCUT2D eigenvalue weighted by atomic mass is 10.1. The Morgan fingerprint density at radius 1 is 1.10 bits per heavy atom. The van der Waals surface area contributed by atoms with Crippen molar-refractivity contribution in [3.63, 3.8) is 0 Å². The normalized spacial score (nSPS) is 11.9. The van der Waals surface area contributed by atoms with Gasteiger partial charge in [0.25, 0.3) is 0 Å². The molecule has 5 nitrogen and oxygen atoms in total. The quantitative estimate of drug-likeness (QED) is 0.764. The Morgan fingerprint density at radius 2 is 1.86 bits per heavy atom. The Kier molecular flexibility index (Phi) is 5.29. The summed E-state index contributed by atoms with van der Waals surface area (Å²) < 4.78 is 5.03. The maximum Gasteiger partial charge on any atom is 0.220 e. The van der Waals surface area contributed by atoms with Crippen molar-refractivity contribution in [2.75, 3.05) is 6.54 Å². The molecule has 0 aliphatic carbocycles. The summed E-state index contributed by atoms with van der Waals surface area (Å²) in [6.07, 6.45) is 0.818. The number of carbonyl (C=O) groups is 2. The van der Waals surface area contributed by atoms with Gasteiger partial charge in [0, 0.05) is 18.4 Å². The average molecular weight is 287 g/mol. The van der Waals surface area contributed by atoms with E-state index in [0.29, 0.717) is 11.3 Å². The number of Topliss-reactive ketones (excluding diaryl/α,β-unsaturated/α-hetero) is 1. The summed E-state index contributed by atoms with van der Waals surface area (Å²) in [5.74, 6) is 0.0536. The molecule has 0 saturated carbocycles. The molecule has 1 unspecified atom stereocenters. The first-order valence-electron chi connectivity index (χ1n) is 6.73. The maximum absolute atomic E-state index is 11.8. The van der Waals surface area contributed by atoms with Crippen LogP contribution >= 0.6 is 0 Å². The minimum absolute atomic E-state index is 0.0614. The molecule has 0 aliphatic rings. The van der Waals surface area contributed by atoms with Gasteiger partial charge in [-0.05, 0) is 12.1 Å². The zero-order valence-corrected chi connectivity index (χ0v) is 11.5. The summed E-state index contributed by atoms with van der Waals surface area (Å²) in [5.41, 5.74) is 0.598. The molecule has 110 valence electrons. The van der Waals surface area contributed by atoms with Crippen molar-refractivity contribution < 1.29 is 19.1 Å². The number of aliphatic hydroxyl groups excluding tert-OH is 1. The third-order valence-corrected chi connectivity index (χ3v) is 3.04. The molecule has 0 saturated heterocycles. The second kappa shape index (κ2) is 7.40. The number of hydrogen-bond donors (Lipinski definition) is 2. The average Bonchev–Trinajstić information content (AvgIpc) is 3.05. The van der Waals surface area contributed by atoms with E-state index in [2.05, 4.69) is 5.32 Å². The number of benzene rings is 1. The third kappa shape index (κ3) is 4.57. The van der Waals surface area contributed by atoms with E-state index >= 15 is 0 Å². The largest absolute Gasteiger partial charge is 0.467 e. The van der Waals surface area contributed by atoms with Crippen LogP contribution in [0.25, 0.3) is 0 Å². The molecule has 1 heterocycles. The molecule has 0 fully saturated rings. The number of rotatable bonds is 7. The van der Waals surface area contributed by atoms with Gasteiger partial charge in [-0.2, -0.15) is 0 Å². The molecule has 5 heteroatoms. The topological polar surface area (TPSA) is 79.5 Å². The molecule has 1 aromatic carbocycles. The van der Waals surface area contributed by atoms with Gasteiger partial charge in [0.2, 0.25) is 5.91 Å². The molecule has 0 radical (unpaired) electrons. The number of carbonyl (C=O) groups excluding carboxylic acids is 2. The molecule has 2 aromatic rings. The van der Waals surface area contributed by atoms with Gasteiger partial charge in [-0.25, -0.2) is 0 Å². The van der Waals surface area contributed by atoms with Crippen LogP contribution in [0, 0.1) is 0 Å². The second-order valence-electron chi connectivity index (χ2n) is 4.62. The predicted molar refractivity (Wildman–Crippen MR) is 76.7 cm³/mol. The van der Waals surface area contributed by atoms with E-state index in [1.807, 2.05) is 6.07 Å². The molecule has 1 amide bonds. The fourth-order valence-electron chi connectivity index (χ4n) is 1.88. The van der Waals surface area contributed by atoms with Crippen LogP contribution in [-0.4, -0.2) is 23.3 Å². The second-order valence-corrected chi connectivity index (χ2v) is 4.62. The maximum atomic E-state index is 11.8. The smallest absolute Gasteiger partial charge is 0.220 e. The summed E-state index contributed by atoms with van der Waals surface area (Å²) in [7, 11) is 0. The van der Waals surface area contributed by atoms with E-state index in [1.54, 1.807) is 36.4 Å². The van der Waals surface area contributed by atoms with E-state index in [9.17, 15) is 14.7 Å². The molecule has 0 spiro atoms. The van der Waals surface area contributed by atoms with Crippen molar-refractivity contribution in [3.8, 4) is 0 Å². The minimum atomic E-state index is -0.881. The van der Waals surface area contributed by atoms with Crippen molar-refractivity contribution >= 4 is 11.7 Å². The number of ketones is 1. The van der Waals surface area contributed by atoms with Crippen molar-refractivity contribution in [2.24, 2.45) is 0 Å². The lowest BCUT2D eigenvalue weighted by Gasteiger charge is -2.09. The zero-order chi connectivity index (χ0) is 15.1. The van der Waals surface area contributed by atoms with E-state index in [-0.39, 0.29) is 31.1 Å². The van der Waals surface area contributed by atoms with Gasteiger partial charge in [0.05, 0.1) is 12.8 Å². The van der Waals surface area contributed by atoms with Crippen LogP contribution in [0.3, 0.4) is 0 Å². The zero-order valence-electron chi connectivity index (χ0n) is 11.5. The molecule has 2 rings (SSSR count). The molecule has 21 heavy (non-hydrogen) atoms. The van der Waals surface area contributed by atoms with E-state index in [4.69, 9.17) is 4.42 Å². The van der Waals surface area contributed by atoms with Gasteiger partial charge in [-0.3, -0.25) is 9.59 Å². The predicted octanol–water partition coefficient (Wildman–Crippen LogP) is 2.09. The highest BCUT2D eigenvalue weighted by Gasteiger charge is 2.13. The number of amides is 1. The first-order chi connectivity index (χ1) is 10.2.